The van der Waals surface area contributed by atoms with E-state index in [1.54, 1.807) is 18.3 Å². The van der Waals surface area contributed by atoms with Gasteiger partial charge in [-0.15, -0.1) is 0 Å². The third-order valence-corrected chi connectivity index (χ3v) is 6.18. The number of sulfone groups is 1. The zero-order chi connectivity index (χ0) is 22.6. The largest absolute Gasteiger partial charge is 0.346 e. The fraction of sp³-hybridized carbons (Fsp3) is 0.0769. The number of hydrogen-bond acceptors (Lipinski definition) is 4. The topological polar surface area (TPSA) is 76.1 Å². The first-order valence-corrected chi connectivity index (χ1v) is 12.0. The molecule has 0 aliphatic heterocycles. The molecule has 0 unspecified atom stereocenters. The second-order valence-corrected chi connectivity index (χ2v) is 9.48. The molecule has 1 N–H and O–H groups in total. The minimum absolute atomic E-state index is 0.114. The number of pyridine rings is 1. The summed E-state index contributed by atoms with van der Waals surface area (Å²) < 4.78 is 23.5. The monoisotopic (exact) mass is 442 g/mol. The van der Waals surface area contributed by atoms with Crippen LogP contribution in [0.15, 0.2) is 102 Å². The van der Waals surface area contributed by atoms with Gasteiger partial charge in [-0.2, -0.15) is 0 Å². The molecule has 0 saturated carbocycles. The van der Waals surface area contributed by atoms with E-state index in [0.717, 1.165) is 28.5 Å². The number of carbonyl (C=O) groups excluding carboxylic acids is 1. The summed E-state index contributed by atoms with van der Waals surface area (Å²) in [6, 6.07) is 28.3. The van der Waals surface area contributed by atoms with Crippen molar-refractivity contribution in [2.24, 2.45) is 0 Å². The number of nitrogens with zero attached hydrogens (tertiary/aromatic N) is 1. The lowest BCUT2D eigenvalue weighted by atomic mass is 9.99. The summed E-state index contributed by atoms with van der Waals surface area (Å²) in [5.74, 6) is -0.353. The maximum Gasteiger partial charge on any atom is 0.251 e. The molecule has 3 aromatic carbocycles. The van der Waals surface area contributed by atoms with Crippen LogP contribution in [0, 0.1) is 0 Å². The van der Waals surface area contributed by atoms with Crippen molar-refractivity contribution in [3.63, 3.8) is 0 Å². The lowest BCUT2D eigenvalue weighted by Crippen LogP contribution is -2.23. The molecule has 0 radical (unpaired) electrons. The van der Waals surface area contributed by atoms with Gasteiger partial charge in [-0.3, -0.25) is 9.78 Å². The Hall–Kier alpha value is -3.77. The van der Waals surface area contributed by atoms with Gasteiger partial charge in [0.1, 0.15) is 0 Å². The molecule has 1 aromatic heterocycles. The smallest absolute Gasteiger partial charge is 0.251 e. The lowest BCUT2D eigenvalue weighted by molar-refractivity contribution is 0.0950. The van der Waals surface area contributed by atoms with Gasteiger partial charge in [0, 0.05) is 18.0 Å². The molecular weight excluding hydrogens is 420 g/mol. The summed E-state index contributed by atoms with van der Waals surface area (Å²) in [5, 5.41) is 2.81. The predicted molar refractivity (Wildman–Crippen MR) is 126 cm³/mol. The molecule has 0 saturated heterocycles. The average molecular weight is 443 g/mol. The molecule has 0 bridgehead atoms. The molecule has 1 heterocycles. The van der Waals surface area contributed by atoms with Gasteiger partial charge >= 0.3 is 0 Å². The van der Waals surface area contributed by atoms with Gasteiger partial charge in [0.05, 0.1) is 17.1 Å². The Kier molecular flexibility index (Phi) is 6.14. The predicted octanol–water partition coefficient (Wildman–Crippen LogP) is 4.75. The average Bonchev–Trinajstić information content (AvgIpc) is 2.83. The quantitative estimate of drug-likeness (QED) is 0.468. The number of nitrogens with one attached hydrogen (secondary N) is 1. The van der Waals surface area contributed by atoms with Gasteiger partial charge in [0.25, 0.3) is 5.91 Å². The molecule has 0 aliphatic carbocycles. The molecule has 4 aromatic rings. The zero-order valence-electron chi connectivity index (χ0n) is 17.5. The fourth-order valence-corrected chi connectivity index (χ4v) is 4.07. The lowest BCUT2D eigenvalue weighted by Gasteiger charge is -2.09. The van der Waals surface area contributed by atoms with E-state index in [-0.39, 0.29) is 17.3 Å². The molecule has 160 valence electrons. The fourth-order valence-electron chi connectivity index (χ4n) is 3.40. The Labute approximate surface area is 187 Å². The minimum Gasteiger partial charge on any atom is -0.346 e. The Bertz CT molecular complexity index is 1370. The Balaban J connectivity index is 1.50. The second kappa shape index (κ2) is 9.16. The molecule has 0 fully saturated rings. The van der Waals surface area contributed by atoms with Crippen LogP contribution in [0.1, 0.15) is 16.1 Å². The summed E-state index contributed by atoms with van der Waals surface area (Å²) in [4.78, 5) is 17.0. The molecule has 32 heavy (non-hydrogen) atoms. The van der Waals surface area contributed by atoms with Gasteiger partial charge in [0.2, 0.25) is 0 Å². The molecule has 0 atom stereocenters. The van der Waals surface area contributed by atoms with Crippen molar-refractivity contribution in [1.82, 2.24) is 10.3 Å². The summed E-state index contributed by atoms with van der Waals surface area (Å²) in [6.45, 7) is 0.230. The first-order chi connectivity index (χ1) is 15.4. The summed E-state index contributed by atoms with van der Waals surface area (Å²) in [7, 11) is -3.38. The molecule has 0 aliphatic rings. The first kappa shape index (κ1) is 21.5. The van der Waals surface area contributed by atoms with Gasteiger partial charge in [-0.1, -0.05) is 54.6 Å². The van der Waals surface area contributed by atoms with Gasteiger partial charge in [0.15, 0.2) is 9.84 Å². The highest BCUT2D eigenvalue weighted by Gasteiger charge is 2.12. The molecule has 6 heteroatoms. The van der Waals surface area contributed by atoms with Gasteiger partial charge in [-0.05, 0) is 58.7 Å². The van der Waals surface area contributed by atoms with Crippen molar-refractivity contribution in [3.8, 4) is 22.3 Å². The van der Waals surface area contributed by atoms with E-state index in [4.69, 9.17) is 0 Å². The van der Waals surface area contributed by atoms with E-state index in [0.29, 0.717) is 11.3 Å². The van der Waals surface area contributed by atoms with Gasteiger partial charge in [-0.25, -0.2) is 8.42 Å². The third-order valence-electron chi connectivity index (χ3n) is 5.07. The van der Waals surface area contributed by atoms with Crippen molar-refractivity contribution in [1.29, 1.82) is 0 Å². The maximum atomic E-state index is 12.5. The van der Waals surface area contributed by atoms with Crippen molar-refractivity contribution in [3.05, 3.63) is 108 Å². The van der Waals surface area contributed by atoms with E-state index < -0.39 is 9.84 Å². The third kappa shape index (κ3) is 5.10. The molecular formula is C26H22N2O3S. The number of hydrogen-bond donors (Lipinski definition) is 1. The number of rotatable bonds is 6. The van der Waals surface area contributed by atoms with E-state index in [2.05, 4.69) is 34.6 Å². The number of aromatic nitrogens is 1. The number of benzene rings is 3. The standard InChI is InChI=1S/C26H22N2O3S/c1-32(30,31)25-12-6-11-23(17-25)26(29)28-18-24-16-22(13-14-27-24)21-10-5-9-20(15-21)19-7-3-2-4-8-19/h2-17H,18H2,1H3,(H,28,29). The first-order valence-electron chi connectivity index (χ1n) is 10.1. The second-order valence-electron chi connectivity index (χ2n) is 7.47. The number of amides is 1. The van der Waals surface area contributed by atoms with E-state index in [9.17, 15) is 13.2 Å². The van der Waals surface area contributed by atoms with Gasteiger partial charge < -0.3 is 5.32 Å². The normalized spacial score (nSPS) is 11.2. The van der Waals surface area contributed by atoms with Crippen LogP contribution < -0.4 is 5.32 Å². The minimum atomic E-state index is -3.38. The van der Waals surface area contributed by atoms with Crippen LogP contribution in [-0.4, -0.2) is 25.6 Å². The summed E-state index contributed by atoms with van der Waals surface area (Å²) in [5.41, 5.74) is 5.33. The van der Waals surface area contributed by atoms with Crippen molar-refractivity contribution in [2.45, 2.75) is 11.4 Å². The molecule has 5 nitrogen and oxygen atoms in total. The zero-order valence-corrected chi connectivity index (χ0v) is 18.3. The van der Waals surface area contributed by atoms with Crippen LogP contribution in [0.2, 0.25) is 0 Å². The maximum absolute atomic E-state index is 12.5. The number of carbonyl (C=O) groups is 1. The Morgan fingerprint density at radius 3 is 2.19 bits per heavy atom. The van der Waals surface area contributed by atoms with Crippen molar-refractivity contribution < 1.29 is 13.2 Å². The summed E-state index contributed by atoms with van der Waals surface area (Å²) >= 11 is 0. The van der Waals surface area contributed by atoms with E-state index >= 15 is 0 Å². The van der Waals surface area contributed by atoms with E-state index in [1.165, 1.54) is 12.1 Å². The summed E-state index contributed by atoms with van der Waals surface area (Å²) in [6.07, 6.45) is 2.84. The van der Waals surface area contributed by atoms with Crippen molar-refractivity contribution >= 4 is 15.7 Å². The van der Waals surface area contributed by atoms with Crippen LogP contribution in [0.4, 0.5) is 0 Å². The highest BCUT2D eigenvalue weighted by atomic mass is 32.2. The van der Waals surface area contributed by atoms with Crippen LogP contribution in [-0.2, 0) is 16.4 Å². The Morgan fingerprint density at radius 1 is 0.781 bits per heavy atom. The highest BCUT2D eigenvalue weighted by Crippen LogP contribution is 2.26. The highest BCUT2D eigenvalue weighted by molar-refractivity contribution is 7.90. The SMILES string of the molecule is CS(=O)(=O)c1cccc(C(=O)NCc2cc(-c3cccc(-c4ccccc4)c3)ccn2)c1. The molecule has 4 rings (SSSR count). The van der Waals surface area contributed by atoms with Crippen molar-refractivity contribution in [2.75, 3.05) is 6.26 Å². The Morgan fingerprint density at radius 2 is 1.44 bits per heavy atom. The molecule has 1 amide bonds. The van der Waals surface area contributed by atoms with Crippen LogP contribution in [0.3, 0.4) is 0 Å². The van der Waals surface area contributed by atoms with E-state index in [1.807, 2.05) is 42.5 Å². The van der Waals surface area contributed by atoms with Crippen LogP contribution in [0.25, 0.3) is 22.3 Å². The van der Waals surface area contributed by atoms with Crippen LogP contribution >= 0.6 is 0 Å². The van der Waals surface area contributed by atoms with Crippen LogP contribution in [0.5, 0.6) is 0 Å². The molecule has 0 spiro atoms.